The minimum atomic E-state index is -0.962. The van der Waals surface area contributed by atoms with Gasteiger partial charge in [0.25, 0.3) is 0 Å². The summed E-state index contributed by atoms with van der Waals surface area (Å²) >= 11 is 0. The lowest BCUT2D eigenvalue weighted by Gasteiger charge is -2.28. The molecule has 1 heterocycles. The first-order valence-electron chi connectivity index (χ1n) is 8.11. The van der Waals surface area contributed by atoms with E-state index in [2.05, 4.69) is 5.32 Å². The van der Waals surface area contributed by atoms with E-state index in [1.807, 2.05) is 0 Å². The van der Waals surface area contributed by atoms with Gasteiger partial charge in [-0.3, -0.25) is 0 Å². The summed E-state index contributed by atoms with van der Waals surface area (Å²) in [6.07, 6.45) is 1.76. The van der Waals surface area contributed by atoms with Crippen molar-refractivity contribution in [2.75, 3.05) is 20.3 Å². The zero-order valence-electron chi connectivity index (χ0n) is 14.0. The number of nitrogens with one attached hydrogen (secondary N) is 1. The van der Waals surface area contributed by atoms with Crippen LogP contribution in [0.4, 0.5) is 13.6 Å². The number of rotatable bonds is 6. The maximum atomic E-state index is 13.5. The minimum absolute atomic E-state index is 0.0156. The normalized spacial score (nSPS) is 20.0. The zero-order chi connectivity index (χ0) is 17.7. The second-order valence-electron chi connectivity index (χ2n) is 6.21. The highest BCUT2D eigenvalue weighted by atomic mass is 19.2. The maximum Gasteiger partial charge on any atom is 0.318 e. The number of ether oxygens (including phenoxy) is 1. The van der Waals surface area contributed by atoms with E-state index in [1.165, 1.54) is 13.2 Å². The first-order chi connectivity index (χ1) is 11.4. The molecule has 1 saturated heterocycles. The lowest BCUT2D eigenvalue weighted by molar-refractivity contribution is 0.130. The number of hydrogen-bond donors (Lipinski definition) is 2. The van der Waals surface area contributed by atoms with Crippen LogP contribution < -0.4 is 5.32 Å². The van der Waals surface area contributed by atoms with Crippen LogP contribution in [0.5, 0.6) is 0 Å². The topological polar surface area (TPSA) is 61.8 Å². The van der Waals surface area contributed by atoms with E-state index < -0.39 is 23.8 Å². The third kappa shape index (κ3) is 4.64. The monoisotopic (exact) mass is 342 g/mol. The molecule has 0 spiro atoms. The molecule has 0 aliphatic carbocycles. The fraction of sp³-hybridized carbons (Fsp3) is 0.588. The van der Waals surface area contributed by atoms with Crippen molar-refractivity contribution in [1.29, 1.82) is 0 Å². The number of halogens is 2. The van der Waals surface area contributed by atoms with Gasteiger partial charge in [0.1, 0.15) is 0 Å². The van der Waals surface area contributed by atoms with Crippen molar-refractivity contribution >= 4 is 6.03 Å². The average molecular weight is 342 g/mol. The minimum Gasteiger partial charge on any atom is -0.393 e. The first-order valence-corrected chi connectivity index (χ1v) is 8.11. The standard InChI is InChI=1S/C17H24F2N2O3/c1-11(22)8-13-4-3-7-21(13)17(23)20-16(10-24-2)12-5-6-14(18)15(19)9-12/h5-6,9,11,13,16,22H,3-4,7-8,10H2,1-2H3,(H,20,23). The van der Waals surface area contributed by atoms with E-state index in [0.29, 0.717) is 18.5 Å². The summed E-state index contributed by atoms with van der Waals surface area (Å²) in [7, 11) is 1.48. The van der Waals surface area contributed by atoms with Crippen molar-refractivity contribution in [2.45, 2.75) is 44.4 Å². The number of carbonyl (C=O) groups excluding carboxylic acids is 1. The third-order valence-electron chi connectivity index (χ3n) is 4.23. The molecule has 1 fully saturated rings. The summed E-state index contributed by atoms with van der Waals surface area (Å²) < 4.78 is 31.7. The number of aliphatic hydroxyl groups excluding tert-OH is 1. The van der Waals surface area contributed by atoms with Crippen molar-refractivity contribution in [3.8, 4) is 0 Å². The zero-order valence-corrected chi connectivity index (χ0v) is 14.0. The van der Waals surface area contributed by atoms with Gasteiger partial charge in [-0.25, -0.2) is 13.6 Å². The van der Waals surface area contributed by atoms with E-state index in [-0.39, 0.29) is 18.7 Å². The number of likely N-dealkylation sites (tertiary alicyclic amines) is 1. The molecule has 3 atom stereocenters. The summed E-state index contributed by atoms with van der Waals surface area (Å²) in [5.74, 6) is -1.89. The van der Waals surface area contributed by atoms with Crippen LogP contribution in [-0.4, -0.2) is 48.4 Å². The van der Waals surface area contributed by atoms with Gasteiger partial charge < -0.3 is 20.1 Å². The molecule has 1 aromatic carbocycles. The molecule has 1 aliphatic rings. The Hall–Kier alpha value is -1.73. The predicted molar refractivity (Wildman–Crippen MR) is 85.5 cm³/mol. The molecular formula is C17H24F2N2O3. The van der Waals surface area contributed by atoms with Crippen LogP contribution in [0.25, 0.3) is 0 Å². The van der Waals surface area contributed by atoms with Gasteiger partial charge in [0, 0.05) is 19.7 Å². The van der Waals surface area contributed by atoms with Gasteiger partial charge in [0.2, 0.25) is 0 Å². The van der Waals surface area contributed by atoms with E-state index in [0.717, 1.165) is 25.0 Å². The van der Waals surface area contributed by atoms with Crippen LogP contribution in [0, 0.1) is 11.6 Å². The number of amides is 2. The molecule has 3 unspecified atom stereocenters. The molecule has 0 bridgehead atoms. The molecule has 24 heavy (non-hydrogen) atoms. The number of nitrogens with zero attached hydrogens (tertiary/aromatic N) is 1. The molecule has 7 heteroatoms. The average Bonchev–Trinajstić information content (AvgIpc) is 2.97. The molecule has 2 amide bonds. The molecule has 0 saturated carbocycles. The number of urea groups is 1. The van der Waals surface area contributed by atoms with Gasteiger partial charge in [-0.1, -0.05) is 6.07 Å². The van der Waals surface area contributed by atoms with Crippen LogP contribution in [-0.2, 0) is 4.74 Å². The summed E-state index contributed by atoms with van der Waals surface area (Å²) in [5, 5.41) is 12.4. The second kappa shape index (κ2) is 8.39. The fourth-order valence-electron chi connectivity index (χ4n) is 3.09. The van der Waals surface area contributed by atoms with Gasteiger partial charge in [0.05, 0.1) is 18.8 Å². The molecule has 0 aromatic heterocycles. The Morgan fingerprint density at radius 1 is 1.46 bits per heavy atom. The number of carbonyl (C=O) groups is 1. The Kier molecular flexibility index (Phi) is 6.51. The maximum absolute atomic E-state index is 13.5. The molecule has 2 rings (SSSR count). The van der Waals surface area contributed by atoms with Crippen molar-refractivity contribution in [1.82, 2.24) is 10.2 Å². The lowest BCUT2D eigenvalue weighted by atomic mass is 10.1. The summed E-state index contributed by atoms with van der Waals surface area (Å²) in [6, 6.07) is 2.65. The molecule has 1 aromatic rings. The largest absolute Gasteiger partial charge is 0.393 e. The molecule has 2 N–H and O–H groups in total. The van der Waals surface area contributed by atoms with Gasteiger partial charge in [0.15, 0.2) is 11.6 Å². The van der Waals surface area contributed by atoms with Crippen molar-refractivity contribution in [3.63, 3.8) is 0 Å². The van der Waals surface area contributed by atoms with Crippen LogP contribution in [0.3, 0.4) is 0 Å². The third-order valence-corrected chi connectivity index (χ3v) is 4.23. The molecule has 134 valence electrons. The second-order valence-corrected chi connectivity index (χ2v) is 6.21. The lowest BCUT2D eigenvalue weighted by Crippen LogP contribution is -2.45. The van der Waals surface area contributed by atoms with Gasteiger partial charge in [-0.15, -0.1) is 0 Å². The van der Waals surface area contributed by atoms with Crippen LogP contribution in [0.2, 0.25) is 0 Å². The van der Waals surface area contributed by atoms with Crippen molar-refractivity contribution < 1.29 is 23.4 Å². The first kappa shape index (κ1) is 18.6. The van der Waals surface area contributed by atoms with Crippen LogP contribution in [0.15, 0.2) is 18.2 Å². The molecule has 1 aliphatic heterocycles. The Labute approximate surface area is 140 Å². The summed E-state index contributed by atoms with van der Waals surface area (Å²) in [5.41, 5.74) is 0.440. The summed E-state index contributed by atoms with van der Waals surface area (Å²) in [6.45, 7) is 2.45. The highest BCUT2D eigenvalue weighted by Crippen LogP contribution is 2.23. The van der Waals surface area contributed by atoms with E-state index in [1.54, 1.807) is 11.8 Å². The molecular weight excluding hydrogens is 318 g/mol. The fourth-order valence-corrected chi connectivity index (χ4v) is 3.09. The highest BCUT2D eigenvalue weighted by molar-refractivity contribution is 5.75. The van der Waals surface area contributed by atoms with Crippen molar-refractivity contribution in [2.24, 2.45) is 0 Å². The number of methoxy groups -OCH3 is 1. The Morgan fingerprint density at radius 3 is 2.83 bits per heavy atom. The quantitative estimate of drug-likeness (QED) is 0.835. The van der Waals surface area contributed by atoms with Crippen molar-refractivity contribution in [3.05, 3.63) is 35.4 Å². The van der Waals surface area contributed by atoms with Gasteiger partial charge in [-0.2, -0.15) is 0 Å². The number of aliphatic hydroxyl groups is 1. The van der Waals surface area contributed by atoms with Crippen LogP contribution in [0.1, 0.15) is 37.8 Å². The Balaban J connectivity index is 2.09. The van der Waals surface area contributed by atoms with Gasteiger partial charge in [-0.05, 0) is 43.9 Å². The summed E-state index contributed by atoms with van der Waals surface area (Å²) in [4.78, 5) is 14.2. The Morgan fingerprint density at radius 2 is 2.21 bits per heavy atom. The number of benzene rings is 1. The van der Waals surface area contributed by atoms with Gasteiger partial charge >= 0.3 is 6.03 Å². The van der Waals surface area contributed by atoms with E-state index in [9.17, 15) is 18.7 Å². The highest BCUT2D eigenvalue weighted by Gasteiger charge is 2.31. The Bertz CT molecular complexity index is 569. The van der Waals surface area contributed by atoms with E-state index in [4.69, 9.17) is 4.74 Å². The molecule has 5 nitrogen and oxygen atoms in total. The number of hydrogen-bond acceptors (Lipinski definition) is 3. The SMILES string of the molecule is COCC(NC(=O)N1CCCC1CC(C)O)c1ccc(F)c(F)c1. The molecule has 0 radical (unpaired) electrons. The predicted octanol–water partition coefficient (Wildman–Crippen LogP) is 2.60. The smallest absolute Gasteiger partial charge is 0.318 e. The van der Waals surface area contributed by atoms with Crippen LogP contribution >= 0.6 is 0 Å². The van der Waals surface area contributed by atoms with E-state index >= 15 is 0 Å².